The van der Waals surface area contributed by atoms with Gasteiger partial charge in [-0.25, -0.2) is 4.98 Å². The molecular weight excluding hydrogens is 360 g/mol. The second-order valence-corrected chi connectivity index (χ2v) is 6.93. The first-order chi connectivity index (χ1) is 13.6. The molecule has 8 nitrogen and oxygen atoms in total. The lowest BCUT2D eigenvalue weighted by Crippen LogP contribution is -2.31. The number of imidazole rings is 1. The van der Waals surface area contributed by atoms with Gasteiger partial charge in [0.25, 0.3) is 11.5 Å². The van der Waals surface area contributed by atoms with Crippen molar-refractivity contribution in [3.05, 3.63) is 52.4 Å². The predicted octanol–water partition coefficient (Wildman–Crippen LogP) is 2.14. The molecule has 3 aromatic heterocycles. The number of furan rings is 1. The molecule has 5 rings (SSSR count). The summed E-state index contributed by atoms with van der Waals surface area (Å²) in [6.45, 7) is 2.13. The summed E-state index contributed by atoms with van der Waals surface area (Å²) in [5.74, 6) is 1.37. The summed E-state index contributed by atoms with van der Waals surface area (Å²) >= 11 is 0. The van der Waals surface area contributed by atoms with E-state index in [4.69, 9.17) is 14.1 Å². The van der Waals surface area contributed by atoms with Crippen molar-refractivity contribution in [3.63, 3.8) is 0 Å². The molecule has 0 bridgehead atoms. The first kappa shape index (κ1) is 16.8. The van der Waals surface area contributed by atoms with Crippen LogP contribution in [0.15, 0.2) is 45.7 Å². The molecule has 1 aliphatic heterocycles. The minimum atomic E-state index is -0.204. The predicted molar refractivity (Wildman–Crippen MR) is 103 cm³/mol. The van der Waals surface area contributed by atoms with Crippen LogP contribution in [-0.2, 0) is 11.3 Å². The van der Waals surface area contributed by atoms with Gasteiger partial charge in [0.1, 0.15) is 5.58 Å². The van der Waals surface area contributed by atoms with E-state index >= 15 is 0 Å². The maximum Gasteiger partial charge on any atom is 0.259 e. The third-order valence-electron chi connectivity index (χ3n) is 5.06. The Morgan fingerprint density at radius 3 is 2.89 bits per heavy atom. The number of carbonyl (C=O) groups is 1. The SMILES string of the molecule is CNC(=O)c1ccc2c(c1)nc(-c1cc3c(=O)[nH]ccc3o1)n2CC1COC1. The van der Waals surface area contributed by atoms with Crippen molar-refractivity contribution in [2.24, 2.45) is 5.92 Å². The van der Waals surface area contributed by atoms with Gasteiger partial charge in [-0.1, -0.05) is 0 Å². The number of benzene rings is 1. The van der Waals surface area contributed by atoms with Crippen LogP contribution < -0.4 is 10.9 Å². The third-order valence-corrected chi connectivity index (χ3v) is 5.06. The zero-order chi connectivity index (χ0) is 19.3. The molecular formula is C20H18N4O4. The van der Waals surface area contributed by atoms with Crippen molar-refractivity contribution >= 4 is 27.9 Å². The largest absolute Gasteiger partial charge is 0.453 e. The zero-order valence-electron chi connectivity index (χ0n) is 15.2. The van der Waals surface area contributed by atoms with Gasteiger partial charge in [0.15, 0.2) is 11.6 Å². The molecule has 0 spiro atoms. The van der Waals surface area contributed by atoms with Gasteiger partial charge in [0, 0.05) is 37.3 Å². The molecule has 4 aromatic rings. The monoisotopic (exact) mass is 378 g/mol. The summed E-state index contributed by atoms with van der Waals surface area (Å²) in [6.07, 6.45) is 1.56. The van der Waals surface area contributed by atoms with Crippen molar-refractivity contribution in [1.29, 1.82) is 0 Å². The second-order valence-electron chi connectivity index (χ2n) is 6.93. The Morgan fingerprint density at radius 2 is 2.18 bits per heavy atom. The topological polar surface area (TPSA) is 102 Å². The third kappa shape index (κ3) is 2.61. The van der Waals surface area contributed by atoms with E-state index in [-0.39, 0.29) is 11.5 Å². The van der Waals surface area contributed by atoms with E-state index < -0.39 is 0 Å². The molecule has 0 unspecified atom stereocenters. The number of hydrogen-bond donors (Lipinski definition) is 2. The number of carbonyl (C=O) groups excluding carboxylic acids is 1. The normalized spacial score (nSPS) is 14.5. The highest BCUT2D eigenvalue weighted by Gasteiger charge is 2.24. The number of pyridine rings is 1. The number of rotatable bonds is 4. The van der Waals surface area contributed by atoms with E-state index in [1.54, 1.807) is 37.5 Å². The van der Waals surface area contributed by atoms with Gasteiger partial charge in [0.2, 0.25) is 0 Å². The number of aromatic nitrogens is 3. The van der Waals surface area contributed by atoms with Gasteiger partial charge in [-0.05, 0) is 24.3 Å². The average molecular weight is 378 g/mol. The highest BCUT2D eigenvalue weighted by molar-refractivity contribution is 5.97. The number of ether oxygens (including phenoxy) is 1. The molecule has 1 aliphatic rings. The van der Waals surface area contributed by atoms with Gasteiger partial charge < -0.3 is 24.0 Å². The maximum atomic E-state index is 12.1. The van der Waals surface area contributed by atoms with Crippen molar-refractivity contribution in [2.45, 2.75) is 6.54 Å². The lowest BCUT2D eigenvalue weighted by atomic mass is 10.1. The molecule has 4 heterocycles. The summed E-state index contributed by atoms with van der Waals surface area (Å²) in [4.78, 5) is 31.4. The lowest BCUT2D eigenvalue weighted by molar-refractivity contribution is -0.0387. The molecule has 1 fully saturated rings. The molecule has 0 atom stereocenters. The van der Waals surface area contributed by atoms with Gasteiger partial charge >= 0.3 is 0 Å². The van der Waals surface area contributed by atoms with E-state index in [1.807, 2.05) is 6.07 Å². The van der Waals surface area contributed by atoms with Crippen LogP contribution in [0.25, 0.3) is 33.6 Å². The van der Waals surface area contributed by atoms with Crippen LogP contribution in [0.4, 0.5) is 0 Å². The Labute approximate surface area is 159 Å². The van der Waals surface area contributed by atoms with Crippen molar-refractivity contribution < 1.29 is 13.9 Å². The Kier molecular flexibility index (Phi) is 3.80. The van der Waals surface area contributed by atoms with Crippen LogP contribution in [0.5, 0.6) is 0 Å². The Bertz CT molecular complexity index is 1260. The Balaban J connectivity index is 1.70. The molecule has 0 aliphatic carbocycles. The molecule has 0 saturated carbocycles. The number of H-pyrrole nitrogens is 1. The zero-order valence-corrected chi connectivity index (χ0v) is 15.2. The first-order valence-corrected chi connectivity index (χ1v) is 9.06. The van der Waals surface area contributed by atoms with Crippen molar-refractivity contribution in [2.75, 3.05) is 20.3 Å². The van der Waals surface area contributed by atoms with Crippen LogP contribution >= 0.6 is 0 Å². The summed E-state index contributed by atoms with van der Waals surface area (Å²) in [6, 6.07) is 8.87. The highest BCUT2D eigenvalue weighted by Crippen LogP contribution is 2.31. The van der Waals surface area contributed by atoms with E-state index in [2.05, 4.69) is 14.9 Å². The van der Waals surface area contributed by atoms with E-state index in [0.29, 0.717) is 52.8 Å². The highest BCUT2D eigenvalue weighted by atomic mass is 16.5. The fourth-order valence-electron chi connectivity index (χ4n) is 3.52. The average Bonchev–Trinajstić information content (AvgIpc) is 3.25. The fourth-order valence-corrected chi connectivity index (χ4v) is 3.52. The van der Waals surface area contributed by atoms with E-state index in [9.17, 15) is 9.59 Å². The second kappa shape index (κ2) is 6.35. The van der Waals surface area contributed by atoms with Gasteiger partial charge in [-0.3, -0.25) is 9.59 Å². The standard InChI is InChI=1S/C20H18N4O4/c1-21-19(25)12-2-3-15-14(6-12)23-18(24(15)8-11-9-27-10-11)17-7-13-16(28-17)4-5-22-20(13)26/h2-7,11H,8-10H2,1H3,(H,21,25)(H,22,26). The van der Waals surface area contributed by atoms with Gasteiger partial charge in [0.05, 0.1) is 29.6 Å². The van der Waals surface area contributed by atoms with Gasteiger partial charge in [-0.2, -0.15) is 0 Å². The summed E-state index contributed by atoms with van der Waals surface area (Å²) < 4.78 is 13.3. The fraction of sp³-hybridized carbons (Fsp3) is 0.250. The summed E-state index contributed by atoms with van der Waals surface area (Å²) in [7, 11) is 1.60. The number of aromatic amines is 1. The van der Waals surface area contributed by atoms with Crippen LogP contribution in [-0.4, -0.2) is 40.7 Å². The Morgan fingerprint density at radius 1 is 1.32 bits per heavy atom. The van der Waals surface area contributed by atoms with Crippen LogP contribution in [0, 0.1) is 5.92 Å². The summed E-state index contributed by atoms with van der Waals surface area (Å²) in [5, 5.41) is 3.11. The molecule has 142 valence electrons. The maximum absolute atomic E-state index is 12.1. The molecule has 0 radical (unpaired) electrons. The molecule has 8 heteroatoms. The molecule has 1 saturated heterocycles. The lowest BCUT2D eigenvalue weighted by Gasteiger charge is -2.27. The quantitative estimate of drug-likeness (QED) is 0.566. The number of hydrogen-bond acceptors (Lipinski definition) is 5. The minimum absolute atomic E-state index is 0.166. The molecule has 2 N–H and O–H groups in total. The van der Waals surface area contributed by atoms with Crippen molar-refractivity contribution in [1.82, 2.24) is 19.9 Å². The molecule has 28 heavy (non-hydrogen) atoms. The molecule has 1 amide bonds. The minimum Gasteiger partial charge on any atom is -0.453 e. The number of nitrogens with zero attached hydrogens (tertiary/aromatic N) is 2. The van der Waals surface area contributed by atoms with Crippen LogP contribution in [0.2, 0.25) is 0 Å². The number of amides is 1. The van der Waals surface area contributed by atoms with Crippen molar-refractivity contribution in [3.8, 4) is 11.6 Å². The smallest absolute Gasteiger partial charge is 0.259 e. The number of nitrogens with one attached hydrogen (secondary N) is 2. The molecule has 1 aromatic carbocycles. The number of fused-ring (bicyclic) bond motifs is 2. The first-order valence-electron chi connectivity index (χ1n) is 9.06. The van der Waals surface area contributed by atoms with E-state index in [1.165, 1.54) is 0 Å². The van der Waals surface area contributed by atoms with Crippen LogP contribution in [0.1, 0.15) is 10.4 Å². The van der Waals surface area contributed by atoms with E-state index in [0.717, 1.165) is 12.1 Å². The summed E-state index contributed by atoms with van der Waals surface area (Å²) in [5.41, 5.74) is 2.45. The van der Waals surface area contributed by atoms with Crippen LogP contribution in [0.3, 0.4) is 0 Å². The van der Waals surface area contributed by atoms with Gasteiger partial charge in [-0.15, -0.1) is 0 Å². The Hall–Kier alpha value is -3.39.